The summed E-state index contributed by atoms with van der Waals surface area (Å²) in [5.41, 5.74) is 1.01. The van der Waals surface area contributed by atoms with Gasteiger partial charge in [0.25, 0.3) is 5.91 Å². The van der Waals surface area contributed by atoms with Gasteiger partial charge in [-0.3, -0.25) is 10.1 Å². The lowest BCUT2D eigenvalue weighted by molar-refractivity contribution is -0.124. The van der Waals surface area contributed by atoms with Crippen LogP contribution < -0.4 is 5.32 Å². The molecule has 0 bridgehead atoms. The van der Waals surface area contributed by atoms with Crippen LogP contribution in [0.3, 0.4) is 0 Å². The Hall–Kier alpha value is -1.79. The Kier molecular flexibility index (Phi) is 4.26. The van der Waals surface area contributed by atoms with Gasteiger partial charge in [-0.25, -0.2) is 9.37 Å². The topological polar surface area (TPSA) is 51.2 Å². The Morgan fingerprint density at radius 1 is 1.43 bits per heavy atom. The van der Waals surface area contributed by atoms with E-state index in [9.17, 15) is 9.18 Å². The van der Waals surface area contributed by atoms with Crippen LogP contribution in [-0.2, 0) is 16.0 Å². The van der Waals surface area contributed by atoms with Crippen molar-refractivity contribution >= 4 is 22.4 Å². The molecule has 1 aromatic heterocycles. The molecule has 1 aliphatic rings. The normalized spacial score (nSPS) is 17.9. The van der Waals surface area contributed by atoms with Crippen molar-refractivity contribution in [1.82, 2.24) is 4.98 Å². The highest BCUT2D eigenvalue weighted by atomic mass is 32.1. The fourth-order valence-electron chi connectivity index (χ4n) is 2.22. The van der Waals surface area contributed by atoms with Crippen molar-refractivity contribution in [2.75, 3.05) is 11.9 Å². The minimum absolute atomic E-state index is 0.129. The average Bonchev–Trinajstić information content (AvgIpc) is 3.13. The lowest BCUT2D eigenvalue weighted by Gasteiger charge is -2.07. The van der Waals surface area contributed by atoms with Gasteiger partial charge in [-0.2, -0.15) is 0 Å². The number of ether oxygens (including phenoxy) is 1. The van der Waals surface area contributed by atoms with Gasteiger partial charge < -0.3 is 4.74 Å². The van der Waals surface area contributed by atoms with Crippen molar-refractivity contribution < 1.29 is 13.9 Å². The summed E-state index contributed by atoms with van der Waals surface area (Å²) in [4.78, 5) is 17.1. The second-order valence-corrected chi connectivity index (χ2v) is 6.04. The van der Waals surface area contributed by atoms with Gasteiger partial charge >= 0.3 is 0 Å². The van der Waals surface area contributed by atoms with Gasteiger partial charge in [0.1, 0.15) is 11.9 Å². The summed E-state index contributed by atoms with van der Waals surface area (Å²) >= 11 is 1.43. The Labute approximate surface area is 126 Å². The number of aromatic nitrogens is 1. The van der Waals surface area contributed by atoms with Crippen molar-refractivity contribution in [2.45, 2.75) is 25.4 Å². The first-order valence-electron chi connectivity index (χ1n) is 6.82. The Balaban J connectivity index is 1.60. The summed E-state index contributed by atoms with van der Waals surface area (Å²) in [7, 11) is 0. The van der Waals surface area contributed by atoms with Crippen LogP contribution in [0.1, 0.15) is 23.3 Å². The maximum atomic E-state index is 12.9. The number of hydrogen-bond acceptors (Lipinski definition) is 4. The molecule has 3 rings (SSSR count). The molecule has 21 heavy (non-hydrogen) atoms. The molecule has 2 aromatic rings. The fourth-order valence-corrected chi connectivity index (χ4v) is 3.07. The molecule has 4 nitrogen and oxygen atoms in total. The third-order valence-corrected chi connectivity index (χ3v) is 4.21. The molecule has 6 heteroatoms. The molecule has 1 N–H and O–H groups in total. The van der Waals surface area contributed by atoms with Gasteiger partial charge in [-0.05, 0) is 30.5 Å². The van der Waals surface area contributed by atoms with E-state index >= 15 is 0 Å². The highest BCUT2D eigenvalue weighted by Gasteiger charge is 2.24. The number of benzene rings is 1. The van der Waals surface area contributed by atoms with Crippen molar-refractivity contribution in [3.05, 3.63) is 46.7 Å². The van der Waals surface area contributed by atoms with Gasteiger partial charge in [0, 0.05) is 24.1 Å². The smallest absolute Gasteiger partial charge is 0.255 e. The Morgan fingerprint density at radius 3 is 2.95 bits per heavy atom. The van der Waals surface area contributed by atoms with Crippen molar-refractivity contribution in [3.8, 4) is 0 Å². The molecule has 110 valence electrons. The number of carbonyl (C=O) groups is 1. The zero-order chi connectivity index (χ0) is 14.7. The molecule has 1 amide bonds. The largest absolute Gasteiger partial charge is 0.368 e. The van der Waals surface area contributed by atoms with E-state index in [1.54, 1.807) is 18.3 Å². The number of nitrogens with zero attached hydrogens (tertiary/aromatic N) is 1. The number of halogens is 1. The lowest BCUT2D eigenvalue weighted by Crippen LogP contribution is -2.26. The highest BCUT2D eigenvalue weighted by molar-refractivity contribution is 7.15. The van der Waals surface area contributed by atoms with E-state index in [0.29, 0.717) is 18.2 Å². The summed E-state index contributed by atoms with van der Waals surface area (Å²) in [6.07, 6.45) is 3.74. The maximum absolute atomic E-state index is 12.9. The van der Waals surface area contributed by atoms with E-state index in [2.05, 4.69) is 10.3 Å². The predicted molar refractivity (Wildman–Crippen MR) is 78.9 cm³/mol. The molecule has 0 unspecified atom stereocenters. The third-order valence-electron chi connectivity index (χ3n) is 3.30. The molecule has 1 aromatic carbocycles. The quantitative estimate of drug-likeness (QED) is 0.945. The summed E-state index contributed by atoms with van der Waals surface area (Å²) in [5.74, 6) is -0.372. The van der Waals surface area contributed by atoms with Crippen LogP contribution in [-0.4, -0.2) is 23.6 Å². The molecular weight excluding hydrogens is 291 g/mol. The number of rotatable bonds is 4. The molecule has 1 aliphatic heterocycles. The number of anilines is 1. The Bertz CT molecular complexity index is 621. The molecule has 1 saturated heterocycles. The number of carbonyl (C=O) groups excluding carboxylic acids is 1. The SMILES string of the molecule is O=C(Nc1ncc(Cc2ccc(F)cc2)s1)[C@H]1CCCO1. The lowest BCUT2D eigenvalue weighted by atomic mass is 10.1. The minimum Gasteiger partial charge on any atom is -0.368 e. The summed E-state index contributed by atoms with van der Waals surface area (Å²) in [5, 5.41) is 3.36. The standard InChI is InChI=1S/C15H15FN2O2S/c16-11-5-3-10(4-6-11)8-12-9-17-15(21-12)18-14(19)13-2-1-7-20-13/h3-6,9,13H,1-2,7-8H2,(H,17,18,19)/t13-/m1/s1. The second-order valence-electron chi connectivity index (χ2n) is 4.93. The highest BCUT2D eigenvalue weighted by Crippen LogP contribution is 2.22. The van der Waals surface area contributed by atoms with Crippen LogP contribution in [0, 0.1) is 5.82 Å². The van der Waals surface area contributed by atoms with E-state index in [1.165, 1.54) is 23.5 Å². The van der Waals surface area contributed by atoms with E-state index in [4.69, 9.17) is 4.74 Å². The number of nitrogens with one attached hydrogen (secondary N) is 1. The van der Waals surface area contributed by atoms with Crippen LogP contribution in [0.15, 0.2) is 30.5 Å². The van der Waals surface area contributed by atoms with Crippen LogP contribution >= 0.6 is 11.3 Å². The van der Waals surface area contributed by atoms with Gasteiger partial charge in [0.15, 0.2) is 5.13 Å². The van der Waals surface area contributed by atoms with Gasteiger partial charge in [0.2, 0.25) is 0 Å². The number of hydrogen-bond donors (Lipinski definition) is 1. The summed E-state index contributed by atoms with van der Waals surface area (Å²) < 4.78 is 18.2. The van der Waals surface area contributed by atoms with Gasteiger partial charge in [0.05, 0.1) is 0 Å². The maximum Gasteiger partial charge on any atom is 0.255 e. The van der Waals surface area contributed by atoms with Crippen LogP contribution in [0.2, 0.25) is 0 Å². The van der Waals surface area contributed by atoms with Crippen molar-refractivity contribution in [3.63, 3.8) is 0 Å². The molecule has 1 fully saturated rings. The van der Waals surface area contributed by atoms with E-state index < -0.39 is 0 Å². The number of thiazole rings is 1. The molecule has 0 spiro atoms. The molecule has 2 heterocycles. The first-order valence-corrected chi connectivity index (χ1v) is 7.64. The fraction of sp³-hybridized carbons (Fsp3) is 0.333. The zero-order valence-electron chi connectivity index (χ0n) is 11.3. The van der Waals surface area contributed by atoms with Gasteiger partial charge in [-0.15, -0.1) is 11.3 Å². The molecule has 0 radical (unpaired) electrons. The zero-order valence-corrected chi connectivity index (χ0v) is 12.2. The van der Waals surface area contributed by atoms with E-state index in [1.807, 2.05) is 0 Å². The van der Waals surface area contributed by atoms with Gasteiger partial charge in [-0.1, -0.05) is 12.1 Å². The monoisotopic (exact) mass is 306 g/mol. The third kappa shape index (κ3) is 3.65. The van der Waals surface area contributed by atoms with Crippen LogP contribution in [0.5, 0.6) is 0 Å². The molecule has 1 atom stereocenters. The summed E-state index contributed by atoms with van der Waals surface area (Å²) in [6, 6.07) is 6.38. The predicted octanol–water partition coefficient (Wildman–Crippen LogP) is 2.99. The van der Waals surface area contributed by atoms with E-state index in [0.717, 1.165) is 23.3 Å². The van der Waals surface area contributed by atoms with Crippen molar-refractivity contribution in [2.24, 2.45) is 0 Å². The molecular formula is C15H15FN2O2S. The van der Waals surface area contributed by atoms with Crippen LogP contribution in [0.4, 0.5) is 9.52 Å². The van der Waals surface area contributed by atoms with E-state index in [-0.39, 0.29) is 17.8 Å². The molecule has 0 saturated carbocycles. The van der Waals surface area contributed by atoms with Crippen molar-refractivity contribution in [1.29, 1.82) is 0 Å². The summed E-state index contributed by atoms with van der Waals surface area (Å²) in [6.45, 7) is 0.645. The minimum atomic E-state index is -0.352. The second kappa shape index (κ2) is 6.32. The first kappa shape index (κ1) is 14.2. The first-order chi connectivity index (χ1) is 10.2. The average molecular weight is 306 g/mol. The molecule has 0 aliphatic carbocycles. The Morgan fingerprint density at radius 2 is 2.24 bits per heavy atom. The number of amides is 1. The van der Waals surface area contributed by atoms with Crippen LogP contribution in [0.25, 0.3) is 0 Å².